The minimum absolute atomic E-state index is 0.0439. The maximum absolute atomic E-state index is 13.7. The second-order valence-electron chi connectivity index (χ2n) is 4.94. The summed E-state index contributed by atoms with van der Waals surface area (Å²) in [6.45, 7) is 0. The summed E-state index contributed by atoms with van der Waals surface area (Å²) in [5.41, 5.74) is 0.322. The van der Waals surface area contributed by atoms with Gasteiger partial charge in [0.2, 0.25) is 0 Å². The first-order valence-electron chi connectivity index (χ1n) is 6.51. The van der Waals surface area contributed by atoms with E-state index in [4.69, 9.17) is 0 Å². The van der Waals surface area contributed by atoms with E-state index in [9.17, 15) is 17.2 Å². The molecule has 0 saturated heterocycles. The molecule has 0 aromatic heterocycles. The van der Waals surface area contributed by atoms with Gasteiger partial charge in [-0.05, 0) is 30.2 Å². The van der Waals surface area contributed by atoms with Gasteiger partial charge in [-0.2, -0.15) is 0 Å². The van der Waals surface area contributed by atoms with Crippen molar-refractivity contribution in [1.82, 2.24) is 0 Å². The molecule has 21 heavy (non-hydrogen) atoms. The fourth-order valence-electron chi connectivity index (χ4n) is 2.55. The number of anilines is 1. The summed E-state index contributed by atoms with van der Waals surface area (Å²) in [7, 11) is -3.32. The molecule has 1 aliphatic rings. The number of hydrogen-bond donors (Lipinski definition) is 1. The van der Waals surface area contributed by atoms with Crippen molar-refractivity contribution >= 4 is 15.5 Å². The zero-order valence-electron chi connectivity index (χ0n) is 11.0. The van der Waals surface area contributed by atoms with Crippen molar-refractivity contribution in [2.75, 3.05) is 11.1 Å². The number of para-hydroxylation sites is 1. The van der Waals surface area contributed by atoms with Gasteiger partial charge in [0.05, 0.1) is 16.7 Å². The molecule has 3 rings (SSSR count). The Morgan fingerprint density at radius 2 is 1.67 bits per heavy atom. The van der Waals surface area contributed by atoms with E-state index in [1.54, 1.807) is 18.2 Å². The first-order chi connectivity index (χ1) is 9.99. The predicted octanol–water partition coefficient (Wildman–Crippen LogP) is 3.30. The zero-order valence-corrected chi connectivity index (χ0v) is 11.8. The molecule has 1 unspecified atom stereocenters. The van der Waals surface area contributed by atoms with Gasteiger partial charge < -0.3 is 5.32 Å². The molecule has 2 aromatic rings. The Balaban J connectivity index is 2.02. The maximum Gasteiger partial charge on any atom is 0.178 e. The van der Waals surface area contributed by atoms with Gasteiger partial charge in [0.1, 0.15) is 17.3 Å². The number of nitrogens with one attached hydrogen (secondary N) is 1. The third-order valence-electron chi connectivity index (χ3n) is 3.59. The maximum atomic E-state index is 13.7. The third-order valence-corrected chi connectivity index (χ3v) is 5.40. The van der Waals surface area contributed by atoms with E-state index < -0.39 is 27.5 Å². The van der Waals surface area contributed by atoms with E-state index in [1.165, 1.54) is 12.1 Å². The fraction of sp³-hybridized carbons (Fsp3) is 0.200. The Morgan fingerprint density at radius 3 is 2.38 bits per heavy atom. The highest BCUT2D eigenvalue weighted by Gasteiger charge is 2.30. The molecule has 0 bridgehead atoms. The predicted molar refractivity (Wildman–Crippen MR) is 75.8 cm³/mol. The van der Waals surface area contributed by atoms with Gasteiger partial charge in [0, 0.05) is 0 Å². The van der Waals surface area contributed by atoms with E-state index in [-0.39, 0.29) is 22.8 Å². The molecule has 1 aliphatic heterocycles. The summed E-state index contributed by atoms with van der Waals surface area (Å²) in [5.74, 6) is -1.43. The van der Waals surface area contributed by atoms with Gasteiger partial charge in [-0.1, -0.05) is 24.3 Å². The van der Waals surface area contributed by atoms with Crippen LogP contribution in [-0.2, 0) is 9.84 Å². The molecule has 0 spiro atoms. The summed E-state index contributed by atoms with van der Waals surface area (Å²) >= 11 is 0. The minimum Gasteiger partial charge on any atom is -0.373 e. The lowest BCUT2D eigenvalue weighted by Crippen LogP contribution is -2.25. The van der Waals surface area contributed by atoms with Crippen LogP contribution in [0.15, 0.2) is 47.4 Å². The number of rotatable bonds is 2. The largest absolute Gasteiger partial charge is 0.373 e. The molecule has 110 valence electrons. The van der Waals surface area contributed by atoms with Crippen LogP contribution < -0.4 is 5.32 Å². The van der Waals surface area contributed by atoms with E-state index in [0.29, 0.717) is 5.56 Å². The van der Waals surface area contributed by atoms with Gasteiger partial charge >= 0.3 is 0 Å². The second kappa shape index (κ2) is 5.11. The minimum atomic E-state index is -3.32. The van der Waals surface area contributed by atoms with Crippen LogP contribution in [0.4, 0.5) is 14.5 Å². The van der Waals surface area contributed by atoms with Gasteiger partial charge in [-0.3, -0.25) is 0 Å². The lowest BCUT2D eigenvalue weighted by molar-refractivity contribution is 0.565. The lowest BCUT2D eigenvalue weighted by atomic mass is 10.0. The van der Waals surface area contributed by atoms with Crippen LogP contribution in [-0.4, -0.2) is 14.2 Å². The highest BCUT2D eigenvalue weighted by atomic mass is 32.2. The number of sulfone groups is 1. The topological polar surface area (TPSA) is 46.2 Å². The van der Waals surface area contributed by atoms with Crippen LogP contribution in [0, 0.1) is 11.6 Å². The molecular weight excluding hydrogens is 296 g/mol. The van der Waals surface area contributed by atoms with E-state index >= 15 is 0 Å². The number of hydrogen-bond acceptors (Lipinski definition) is 3. The first kappa shape index (κ1) is 14.0. The number of fused-ring (bicyclic) bond motifs is 1. The summed E-state index contributed by atoms with van der Waals surface area (Å²) in [5, 5.41) is 2.80. The van der Waals surface area contributed by atoms with Crippen LogP contribution in [0.1, 0.15) is 18.0 Å². The normalized spacial score (nSPS) is 19.8. The van der Waals surface area contributed by atoms with Gasteiger partial charge in [-0.25, -0.2) is 17.2 Å². The van der Waals surface area contributed by atoms with Crippen LogP contribution in [0.3, 0.4) is 0 Å². The molecule has 1 atom stereocenters. The van der Waals surface area contributed by atoms with E-state index in [0.717, 1.165) is 12.1 Å². The van der Waals surface area contributed by atoms with Crippen LogP contribution in [0.5, 0.6) is 0 Å². The summed E-state index contributed by atoms with van der Waals surface area (Å²) < 4.78 is 51.5. The molecule has 1 heterocycles. The van der Waals surface area contributed by atoms with Crippen molar-refractivity contribution in [2.24, 2.45) is 0 Å². The van der Waals surface area contributed by atoms with Crippen molar-refractivity contribution in [3.8, 4) is 0 Å². The van der Waals surface area contributed by atoms with E-state index in [2.05, 4.69) is 5.32 Å². The van der Waals surface area contributed by atoms with Crippen molar-refractivity contribution in [3.63, 3.8) is 0 Å². The van der Waals surface area contributed by atoms with Crippen molar-refractivity contribution in [1.29, 1.82) is 0 Å². The Kier molecular flexibility index (Phi) is 3.41. The average molecular weight is 309 g/mol. The van der Waals surface area contributed by atoms with Crippen molar-refractivity contribution in [2.45, 2.75) is 17.4 Å². The monoisotopic (exact) mass is 309 g/mol. The highest BCUT2D eigenvalue weighted by Crippen LogP contribution is 2.35. The highest BCUT2D eigenvalue weighted by molar-refractivity contribution is 7.91. The van der Waals surface area contributed by atoms with Crippen molar-refractivity contribution < 1.29 is 17.2 Å². The summed E-state index contributed by atoms with van der Waals surface area (Å²) in [6, 6.07) is 9.73. The molecular formula is C15H13F2NO2S. The Labute approximate surface area is 121 Å². The van der Waals surface area contributed by atoms with Crippen LogP contribution in [0.25, 0.3) is 0 Å². The lowest BCUT2D eigenvalue weighted by Gasteiger charge is -2.27. The molecule has 0 aliphatic carbocycles. The molecule has 0 saturated carbocycles. The fourth-order valence-corrected chi connectivity index (χ4v) is 4.17. The van der Waals surface area contributed by atoms with Gasteiger partial charge in [-0.15, -0.1) is 0 Å². The van der Waals surface area contributed by atoms with Crippen LogP contribution >= 0.6 is 0 Å². The Morgan fingerprint density at radius 1 is 1.00 bits per heavy atom. The molecule has 2 aromatic carbocycles. The number of halogens is 2. The quantitative estimate of drug-likeness (QED) is 0.926. The molecule has 0 fully saturated rings. The average Bonchev–Trinajstić information content (AvgIpc) is 2.45. The summed E-state index contributed by atoms with van der Waals surface area (Å²) in [4.78, 5) is 0.227. The molecule has 0 amide bonds. The summed E-state index contributed by atoms with van der Waals surface area (Å²) in [6.07, 6.45) is 0.271. The van der Waals surface area contributed by atoms with Crippen molar-refractivity contribution in [3.05, 3.63) is 59.7 Å². The molecule has 6 heteroatoms. The Bertz CT molecular complexity index is 770. The first-order valence-corrected chi connectivity index (χ1v) is 8.16. The smallest absolute Gasteiger partial charge is 0.178 e. The standard InChI is InChI=1S/C15H13F2NO2S/c16-11-5-3-6-12(17)15(11)18-13-8-9-21(19,20)14-7-2-1-4-10(13)14/h1-7,13,18H,8-9H2. The Hall–Kier alpha value is -1.95. The SMILES string of the molecule is O=S1(=O)CCC(Nc2c(F)cccc2F)c2ccccc21. The zero-order chi connectivity index (χ0) is 15.0. The second-order valence-corrected chi connectivity index (χ2v) is 7.02. The van der Waals surface area contributed by atoms with E-state index in [1.807, 2.05) is 0 Å². The third kappa shape index (κ3) is 2.51. The number of benzene rings is 2. The molecule has 3 nitrogen and oxygen atoms in total. The van der Waals surface area contributed by atoms with Crippen LogP contribution in [0.2, 0.25) is 0 Å². The van der Waals surface area contributed by atoms with Gasteiger partial charge in [0.25, 0.3) is 0 Å². The molecule has 1 N–H and O–H groups in total. The van der Waals surface area contributed by atoms with Gasteiger partial charge in [0.15, 0.2) is 9.84 Å². The molecule has 0 radical (unpaired) electrons.